The zero-order chi connectivity index (χ0) is 13.8. The Morgan fingerprint density at radius 3 is 2.63 bits per heavy atom. The average Bonchev–Trinajstić information content (AvgIpc) is 2.52. The monoisotopic (exact) mass is 260 g/mol. The standard InChI is InChI=1S/C15H20N2O2/c1-10-6-11(2)8-12(7-10)15(19)17-13-4-3-5-16-14(18)9-13/h6-8,13H,3-5,9H2,1-2H3,(H,16,18)(H,17,19)/t13-/m0/s1. The van der Waals surface area contributed by atoms with Crippen LogP contribution >= 0.6 is 0 Å². The summed E-state index contributed by atoms with van der Waals surface area (Å²) < 4.78 is 0. The van der Waals surface area contributed by atoms with Crippen LogP contribution in [-0.2, 0) is 4.79 Å². The Hall–Kier alpha value is -1.84. The molecule has 0 aromatic heterocycles. The summed E-state index contributed by atoms with van der Waals surface area (Å²) in [4.78, 5) is 23.7. The zero-order valence-electron chi connectivity index (χ0n) is 11.5. The summed E-state index contributed by atoms with van der Waals surface area (Å²) in [6, 6.07) is 5.73. The molecule has 2 amide bonds. The van der Waals surface area contributed by atoms with Crippen molar-refractivity contribution in [1.29, 1.82) is 0 Å². The molecule has 1 aromatic carbocycles. The van der Waals surface area contributed by atoms with Crippen molar-refractivity contribution >= 4 is 11.8 Å². The van der Waals surface area contributed by atoms with E-state index in [-0.39, 0.29) is 17.9 Å². The van der Waals surface area contributed by atoms with E-state index < -0.39 is 0 Å². The van der Waals surface area contributed by atoms with E-state index in [0.717, 1.165) is 24.0 Å². The van der Waals surface area contributed by atoms with Gasteiger partial charge in [0.15, 0.2) is 0 Å². The number of carbonyl (C=O) groups excluding carboxylic acids is 2. The van der Waals surface area contributed by atoms with Crippen molar-refractivity contribution in [3.8, 4) is 0 Å². The molecule has 1 atom stereocenters. The number of benzene rings is 1. The number of hydrogen-bond acceptors (Lipinski definition) is 2. The highest BCUT2D eigenvalue weighted by molar-refractivity contribution is 5.95. The molecule has 0 radical (unpaired) electrons. The van der Waals surface area contributed by atoms with Crippen LogP contribution in [0.15, 0.2) is 18.2 Å². The second-order valence-electron chi connectivity index (χ2n) is 5.24. The second-order valence-corrected chi connectivity index (χ2v) is 5.24. The summed E-state index contributed by atoms with van der Waals surface area (Å²) in [6.07, 6.45) is 2.12. The van der Waals surface area contributed by atoms with E-state index in [2.05, 4.69) is 10.6 Å². The van der Waals surface area contributed by atoms with E-state index in [1.807, 2.05) is 32.0 Å². The summed E-state index contributed by atoms with van der Waals surface area (Å²) in [6.45, 7) is 4.65. The van der Waals surface area contributed by atoms with Crippen LogP contribution in [0.4, 0.5) is 0 Å². The van der Waals surface area contributed by atoms with E-state index in [1.165, 1.54) is 0 Å². The van der Waals surface area contributed by atoms with Gasteiger partial charge in [0.05, 0.1) is 0 Å². The fourth-order valence-corrected chi connectivity index (χ4v) is 2.47. The van der Waals surface area contributed by atoms with Crippen molar-refractivity contribution in [2.45, 2.75) is 39.2 Å². The normalized spacial score (nSPS) is 19.5. The van der Waals surface area contributed by atoms with Crippen molar-refractivity contribution in [1.82, 2.24) is 10.6 Å². The molecule has 0 unspecified atom stereocenters. The van der Waals surface area contributed by atoms with Gasteiger partial charge in [0.2, 0.25) is 5.91 Å². The van der Waals surface area contributed by atoms with E-state index >= 15 is 0 Å². The van der Waals surface area contributed by atoms with E-state index in [4.69, 9.17) is 0 Å². The summed E-state index contributed by atoms with van der Waals surface area (Å²) in [5.74, 6) is -0.0743. The first-order chi connectivity index (χ1) is 9.04. The lowest BCUT2D eigenvalue weighted by Gasteiger charge is -2.15. The van der Waals surface area contributed by atoms with Crippen molar-refractivity contribution < 1.29 is 9.59 Å². The first-order valence-electron chi connectivity index (χ1n) is 6.70. The van der Waals surface area contributed by atoms with Gasteiger partial charge < -0.3 is 10.6 Å². The highest BCUT2D eigenvalue weighted by Crippen LogP contribution is 2.11. The van der Waals surface area contributed by atoms with Crippen molar-refractivity contribution in [2.75, 3.05) is 6.54 Å². The number of carbonyl (C=O) groups is 2. The van der Waals surface area contributed by atoms with Gasteiger partial charge in [-0.2, -0.15) is 0 Å². The molecular weight excluding hydrogens is 240 g/mol. The van der Waals surface area contributed by atoms with Gasteiger partial charge in [0.1, 0.15) is 0 Å². The molecule has 0 saturated carbocycles. The van der Waals surface area contributed by atoms with E-state index in [0.29, 0.717) is 18.5 Å². The Morgan fingerprint density at radius 1 is 1.26 bits per heavy atom. The van der Waals surface area contributed by atoms with Gasteiger partial charge in [0.25, 0.3) is 5.91 Å². The Kier molecular flexibility index (Phi) is 4.20. The lowest BCUT2D eigenvalue weighted by atomic mass is 10.1. The molecule has 2 rings (SSSR count). The number of nitrogens with one attached hydrogen (secondary N) is 2. The third kappa shape index (κ3) is 3.81. The van der Waals surface area contributed by atoms with Gasteiger partial charge in [-0.15, -0.1) is 0 Å². The average molecular weight is 260 g/mol. The molecule has 0 bridgehead atoms. The number of hydrogen-bond donors (Lipinski definition) is 2. The van der Waals surface area contributed by atoms with Crippen LogP contribution in [0, 0.1) is 13.8 Å². The third-order valence-electron chi connectivity index (χ3n) is 3.30. The number of amides is 2. The predicted octanol–water partition coefficient (Wildman–Crippen LogP) is 1.70. The largest absolute Gasteiger partial charge is 0.356 e. The minimum absolute atomic E-state index is 0.0169. The number of rotatable bonds is 2. The molecule has 1 heterocycles. The molecule has 0 aliphatic carbocycles. The fourth-order valence-electron chi connectivity index (χ4n) is 2.47. The SMILES string of the molecule is Cc1cc(C)cc(C(=O)N[C@H]2CCCNC(=O)C2)c1. The predicted molar refractivity (Wildman–Crippen MR) is 74.0 cm³/mol. The van der Waals surface area contributed by atoms with Crippen molar-refractivity contribution in [2.24, 2.45) is 0 Å². The highest BCUT2D eigenvalue weighted by Gasteiger charge is 2.19. The van der Waals surface area contributed by atoms with Crippen LogP contribution in [0.2, 0.25) is 0 Å². The van der Waals surface area contributed by atoms with Crippen molar-refractivity contribution in [3.63, 3.8) is 0 Å². The summed E-state index contributed by atoms with van der Waals surface area (Å²) in [5.41, 5.74) is 2.81. The third-order valence-corrected chi connectivity index (χ3v) is 3.30. The van der Waals surface area contributed by atoms with Crippen LogP contribution in [0.25, 0.3) is 0 Å². The maximum absolute atomic E-state index is 12.2. The molecule has 102 valence electrons. The van der Waals surface area contributed by atoms with Gasteiger partial charge in [0, 0.05) is 24.6 Å². The first-order valence-corrected chi connectivity index (χ1v) is 6.70. The molecule has 4 nitrogen and oxygen atoms in total. The van der Waals surface area contributed by atoms with Crippen LogP contribution in [0.1, 0.15) is 40.7 Å². The Bertz CT molecular complexity index is 477. The van der Waals surface area contributed by atoms with Crippen LogP contribution in [0.3, 0.4) is 0 Å². The molecule has 1 aromatic rings. The second kappa shape index (κ2) is 5.87. The number of aryl methyl sites for hydroxylation is 2. The van der Waals surface area contributed by atoms with Crippen LogP contribution in [-0.4, -0.2) is 24.4 Å². The van der Waals surface area contributed by atoms with Gasteiger partial charge in [-0.3, -0.25) is 9.59 Å². The lowest BCUT2D eigenvalue weighted by molar-refractivity contribution is -0.121. The summed E-state index contributed by atoms with van der Waals surface area (Å²) in [5, 5.41) is 5.78. The van der Waals surface area contributed by atoms with Gasteiger partial charge in [-0.25, -0.2) is 0 Å². The van der Waals surface area contributed by atoms with Gasteiger partial charge in [-0.05, 0) is 38.8 Å². The molecule has 1 aliphatic rings. The van der Waals surface area contributed by atoms with Crippen molar-refractivity contribution in [3.05, 3.63) is 34.9 Å². The van der Waals surface area contributed by atoms with Gasteiger partial charge >= 0.3 is 0 Å². The molecular formula is C15H20N2O2. The van der Waals surface area contributed by atoms with E-state index in [9.17, 15) is 9.59 Å². The summed E-state index contributed by atoms with van der Waals surface area (Å²) in [7, 11) is 0. The van der Waals surface area contributed by atoms with Crippen LogP contribution < -0.4 is 10.6 Å². The Balaban J connectivity index is 2.05. The first kappa shape index (κ1) is 13.6. The molecule has 4 heteroatoms. The Morgan fingerprint density at radius 2 is 1.95 bits per heavy atom. The minimum atomic E-state index is -0.0912. The molecule has 0 spiro atoms. The molecule has 1 aliphatic heterocycles. The highest BCUT2D eigenvalue weighted by atomic mass is 16.2. The zero-order valence-corrected chi connectivity index (χ0v) is 11.5. The maximum Gasteiger partial charge on any atom is 0.251 e. The molecule has 1 fully saturated rings. The molecule has 19 heavy (non-hydrogen) atoms. The smallest absolute Gasteiger partial charge is 0.251 e. The topological polar surface area (TPSA) is 58.2 Å². The maximum atomic E-state index is 12.2. The summed E-state index contributed by atoms with van der Waals surface area (Å²) >= 11 is 0. The van der Waals surface area contributed by atoms with Gasteiger partial charge in [-0.1, -0.05) is 17.2 Å². The Labute approximate surface area is 113 Å². The molecule has 2 N–H and O–H groups in total. The minimum Gasteiger partial charge on any atom is -0.356 e. The van der Waals surface area contributed by atoms with Crippen LogP contribution in [0.5, 0.6) is 0 Å². The quantitative estimate of drug-likeness (QED) is 0.850. The lowest BCUT2D eigenvalue weighted by Crippen LogP contribution is -2.36. The fraction of sp³-hybridized carbons (Fsp3) is 0.467. The molecule has 1 saturated heterocycles. The van der Waals surface area contributed by atoms with E-state index in [1.54, 1.807) is 0 Å².